The molecule has 0 bridgehead atoms. The first-order valence-electron chi connectivity index (χ1n) is 10.1. The number of piperidine rings is 1. The number of sulfonamides is 1. The number of nitrogens with one attached hydrogen (secondary N) is 1. The second kappa shape index (κ2) is 9.89. The number of hydrogen-bond acceptors (Lipinski definition) is 5. The van der Waals surface area contributed by atoms with Crippen LogP contribution in [-0.2, 0) is 10.0 Å². The molecule has 0 radical (unpaired) electrons. The Kier molecular flexibility index (Phi) is 7.46. The van der Waals surface area contributed by atoms with Gasteiger partial charge in [-0.1, -0.05) is 24.1 Å². The van der Waals surface area contributed by atoms with Crippen molar-refractivity contribution in [2.75, 3.05) is 27.3 Å². The lowest BCUT2D eigenvalue weighted by atomic mass is 10.1. The number of hydrogen-bond donors (Lipinski definition) is 1. The van der Waals surface area contributed by atoms with Gasteiger partial charge in [0.1, 0.15) is 4.90 Å². The molecule has 0 spiro atoms. The molecule has 168 valence electrons. The predicted molar refractivity (Wildman–Crippen MR) is 119 cm³/mol. The van der Waals surface area contributed by atoms with Crippen LogP contribution in [0.3, 0.4) is 0 Å². The average Bonchev–Trinajstić information content (AvgIpc) is 2.79. The summed E-state index contributed by atoms with van der Waals surface area (Å²) in [6.45, 7) is 2.76. The molecule has 1 aliphatic heterocycles. The Morgan fingerprint density at radius 2 is 1.71 bits per heavy atom. The van der Waals surface area contributed by atoms with Gasteiger partial charge in [-0.3, -0.25) is 4.79 Å². The van der Waals surface area contributed by atoms with Crippen LogP contribution in [0.15, 0.2) is 41.3 Å². The fraction of sp³-hybridized carbons (Fsp3) is 0.409. The molecule has 9 heteroatoms. The van der Waals surface area contributed by atoms with Gasteiger partial charge in [0.25, 0.3) is 5.91 Å². The Morgan fingerprint density at radius 3 is 2.35 bits per heavy atom. The zero-order valence-electron chi connectivity index (χ0n) is 17.9. The van der Waals surface area contributed by atoms with Crippen LogP contribution in [0.4, 0.5) is 0 Å². The molecule has 0 unspecified atom stereocenters. The number of carbonyl (C=O) groups is 1. The molecule has 0 aromatic heterocycles. The summed E-state index contributed by atoms with van der Waals surface area (Å²) in [6.07, 6.45) is 2.65. The maximum Gasteiger partial charge on any atom is 0.251 e. The van der Waals surface area contributed by atoms with Gasteiger partial charge in [-0.25, -0.2) is 8.42 Å². The van der Waals surface area contributed by atoms with Crippen LogP contribution in [0, 0.1) is 0 Å². The van der Waals surface area contributed by atoms with E-state index in [0.717, 1.165) is 24.8 Å². The minimum atomic E-state index is -3.76. The number of nitrogens with zero attached hydrogens (tertiary/aromatic N) is 1. The van der Waals surface area contributed by atoms with Crippen LogP contribution in [0.25, 0.3) is 0 Å². The number of methoxy groups -OCH3 is 2. The average molecular weight is 467 g/mol. The maximum atomic E-state index is 13.0. The van der Waals surface area contributed by atoms with Crippen LogP contribution < -0.4 is 14.8 Å². The SMILES string of the molecule is COc1ccc([C@H](C)NC(=O)c2ccc(Cl)c(S(=O)(=O)N3CCCCC3)c2)cc1OC. The second-order valence-corrected chi connectivity index (χ2v) is 9.73. The van der Waals surface area contributed by atoms with Gasteiger partial charge in [-0.2, -0.15) is 4.31 Å². The minimum Gasteiger partial charge on any atom is -0.493 e. The molecule has 31 heavy (non-hydrogen) atoms. The van der Waals surface area contributed by atoms with E-state index >= 15 is 0 Å². The van der Waals surface area contributed by atoms with E-state index in [2.05, 4.69) is 5.32 Å². The maximum absolute atomic E-state index is 13.0. The van der Waals surface area contributed by atoms with E-state index in [1.165, 1.54) is 22.5 Å². The summed E-state index contributed by atoms with van der Waals surface area (Å²) < 4.78 is 38.1. The monoisotopic (exact) mass is 466 g/mol. The van der Waals surface area contributed by atoms with Crippen LogP contribution >= 0.6 is 11.6 Å². The summed E-state index contributed by atoms with van der Waals surface area (Å²) in [7, 11) is -0.656. The number of ether oxygens (including phenoxy) is 2. The summed E-state index contributed by atoms with van der Waals surface area (Å²) in [6, 6.07) is 9.37. The highest BCUT2D eigenvalue weighted by atomic mass is 35.5. The fourth-order valence-corrected chi connectivity index (χ4v) is 5.59. The molecule has 1 saturated heterocycles. The van der Waals surface area contributed by atoms with Gasteiger partial charge in [0.05, 0.1) is 25.3 Å². The predicted octanol–water partition coefficient (Wildman–Crippen LogP) is 4.02. The van der Waals surface area contributed by atoms with E-state index in [4.69, 9.17) is 21.1 Å². The topological polar surface area (TPSA) is 84.9 Å². The third kappa shape index (κ3) is 5.14. The third-order valence-corrected chi connectivity index (χ3v) is 7.76. The van der Waals surface area contributed by atoms with Gasteiger partial charge in [0.15, 0.2) is 11.5 Å². The van der Waals surface area contributed by atoms with Crippen molar-refractivity contribution in [3.8, 4) is 11.5 Å². The smallest absolute Gasteiger partial charge is 0.251 e. The van der Waals surface area contributed by atoms with Gasteiger partial charge in [0.2, 0.25) is 10.0 Å². The van der Waals surface area contributed by atoms with Crippen molar-refractivity contribution < 1.29 is 22.7 Å². The van der Waals surface area contributed by atoms with E-state index in [9.17, 15) is 13.2 Å². The van der Waals surface area contributed by atoms with Crippen LogP contribution in [-0.4, -0.2) is 45.9 Å². The molecule has 1 atom stereocenters. The van der Waals surface area contributed by atoms with Gasteiger partial charge in [-0.05, 0) is 55.7 Å². The number of halogens is 1. The molecule has 7 nitrogen and oxygen atoms in total. The van der Waals surface area contributed by atoms with E-state index in [1.807, 2.05) is 13.0 Å². The molecular weight excluding hydrogens is 440 g/mol. The lowest BCUT2D eigenvalue weighted by Crippen LogP contribution is -2.36. The molecule has 1 aliphatic rings. The van der Waals surface area contributed by atoms with Gasteiger partial charge in [0, 0.05) is 18.7 Å². The van der Waals surface area contributed by atoms with Crippen molar-refractivity contribution in [2.45, 2.75) is 37.1 Å². The zero-order valence-corrected chi connectivity index (χ0v) is 19.4. The molecular formula is C22H27ClN2O5S. The number of rotatable bonds is 7. The Hall–Kier alpha value is -2.29. The first kappa shape index (κ1) is 23.4. The van der Waals surface area contributed by atoms with Gasteiger partial charge < -0.3 is 14.8 Å². The third-order valence-electron chi connectivity index (χ3n) is 5.38. The molecule has 0 saturated carbocycles. The summed E-state index contributed by atoms with van der Waals surface area (Å²) in [5.74, 6) is 0.756. The summed E-state index contributed by atoms with van der Waals surface area (Å²) in [5, 5.41) is 3.00. The highest BCUT2D eigenvalue weighted by molar-refractivity contribution is 7.89. The highest BCUT2D eigenvalue weighted by Crippen LogP contribution is 2.31. The second-order valence-electron chi connectivity index (χ2n) is 7.42. The zero-order chi connectivity index (χ0) is 22.6. The van der Waals surface area contributed by atoms with E-state index < -0.39 is 15.9 Å². The van der Waals surface area contributed by atoms with E-state index in [-0.39, 0.29) is 21.5 Å². The number of carbonyl (C=O) groups excluding carboxylic acids is 1. The highest BCUT2D eigenvalue weighted by Gasteiger charge is 2.29. The first-order chi connectivity index (χ1) is 14.8. The summed E-state index contributed by atoms with van der Waals surface area (Å²) in [4.78, 5) is 12.8. The Balaban J connectivity index is 1.82. The molecule has 1 heterocycles. The van der Waals surface area contributed by atoms with Crippen molar-refractivity contribution in [3.63, 3.8) is 0 Å². The summed E-state index contributed by atoms with van der Waals surface area (Å²) in [5.41, 5.74) is 1.05. The molecule has 3 rings (SSSR count). The molecule has 2 aromatic rings. The molecule has 0 aliphatic carbocycles. The van der Waals surface area contributed by atoms with E-state index in [0.29, 0.717) is 24.6 Å². The van der Waals surface area contributed by atoms with Crippen molar-refractivity contribution >= 4 is 27.5 Å². The van der Waals surface area contributed by atoms with Gasteiger partial charge >= 0.3 is 0 Å². The largest absolute Gasteiger partial charge is 0.493 e. The Labute approximate surface area is 188 Å². The molecule has 1 fully saturated rings. The number of amides is 1. The minimum absolute atomic E-state index is 0.0394. The molecule has 2 aromatic carbocycles. The Morgan fingerprint density at radius 1 is 1.03 bits per heavy atom. The van der Waals surface area contributed by atoms with Crippen LogP contribution in [0.5, 0.6) is 11.5 Å². The van der Waals surface area contributed by atoms with Gasteiger partial charge in [-0.15, -0.1) is 0 Å². The quantitative estimate of drug-likeness (QED) is 0.666. The van der Waals surface area contributed by atoms with Crippen LogP contribution in [0.1, 0.15) is 48.1 Å². The lowest BCUT2D eigenvalue weighted by molar-refractivity contribution is 0.0939. The Bertz CT molecular complexity index is 1050. The summed E-state index contributed by atoms with van der Waals surface area (Å²) >= 11 is 6.20. The van der Waals surface area contributed by atoms with Crippen molar-refractivity contribution in [2.24, 2.45) is 0 Å². The van der Waals surface area contributed by atoms with Crippen LogP contribution in [0.2, 0.25) is 5.02 Å². The van der Waals surface area contributed by atoms with E-state index in [1.54, 1.807) is 26.4 Å². The van der Waals surface area contributed by atoms with Crippen molar-refractivity contribution in [1.29, 1.82) is 0 Å². The lowest BCUT2D eigenvalue weighted by Gasteiger charge is -2.26. The fourth-order valence-electron chi connectivity index (χ4n) is 3.57. The standard InChI is InChI=1S/C22H27ClN2O5S/c1-15(16-8-10-19(29-2)20(13-16)30-3)24-22(26)17-7-9-18(23)21(14-17)31(27,28)25-11-5-4-6-12-25/h7-10,13-15H,4-6,11-12H2,1-3H3,(H,24,26)/t15-/m0/s1. The van der Waals surface area contributed by atoms with Crippen molar-refractivity contribution in [3.05, 3.63) is 52.5 Å². The molecule has 1 N–H and O–H groups in total. The first-order valence-corrected chi connectivity index (χ1v) is 11.9. The van der Waals surface area contributed by atoms with Crippen molar-refractivity contribution in [1.82, 2.24) is 9.62 Å². The molecule has 1 amide bonds. The number of benzene rings is 2. The normalized spacial score (nSPS) is 15.9.